The molecule has 0 amide bonds. The van der Waals surface area contributed by atoms with Gasteiger partial charge in [-0.05, 0) is 31.2 Å². The minimum absolute atomic E-state index is 0.166. The molecule has 2 rings (SSSR count). The molecule has 2 aromatic rings. The van der Waals surface area contributed by atoms with E-state index in [2.05, 4.69) is 15.0 Å². The molecule has 0 saturated heterocycles. The average molecular weight is 291 g/mol. The summed E-state index contributed by atoms with van der Waals surface area (Å²) in [6, 6.07) is 5.10. The molecule has 5 nitrogen and oxygen atoms in total. The first-order chi connectivity index (χ1) is 9.60. The summed E-state index contributed by atoms with van der Waals surface area (Å²) in [6.45, 7) is 3.73. The van der Waals surface area contributed by atoms with Crippen LogP contribution in [0, 0.1) is 0 Å². The Morgan fingerprint density at radius 2 is 2.30 bits per heavy atom. The van der Waals surface area contributed by atoms with Crippen molar-refractivity contribution in [1.29, 1.82) is 0 Å². The zero-order valence-corrected chi connectivity index (χ0v) is 12.3. The Kier molecular flexibility index (Phi) is 4.92. The van der Waals surface area contributed by atoms with Gasteiger partial charge >= 0.3 is 0 Å². The van der Waals surface area contributed by atoms with Crippen LogP contribution in [0.2, 0.25) is 0 Å². The third kappa shape index (κ3) is 3.68. The second kappa shape index (κ2) is 6.67. The van der Waals surface area contributed by atoms with E-state index < -0.39 is 6.10 Å². The van der Waals surface area contributed by atoms with Gasteiger partial charge in [0, 0.05) is 23.5 Å². The molecular weight excluding hydrogens is 274 g/mol. The fourth-order valence-electron chi connectivity index (χ4n) is 1.81. The molecule has 0 aliphatic carbocycles. The lowest BCUT2D eigenvalue weighted by Gasteiger charge is -2.09. The SMILES string of the molecule is CCCc1cc(=O)[nH]c(Sc2ncccc2[C@H](C)O)n1. The van der Waals surface area contributed by atoms with Crippen molar-refractivity contribution in [3.63, 3.8) is 0 Å². The minimum Gasteiger partial charge on any atom is -0.389 e. The lowest BCUT2D eigenvalue weighted by Crippen LogP contribution is -2.10. The summed E-state index contributed by atoms with van der Waals surface area (Å²) in [5, 5.41) is 10.9. The van der Waals surface area contributed by atoms with Crippen molar-refractivity contribution < 1.29 is 5.11 Å². The lowest BCUT2D eigenvalue weighted by molar-refractivity contribution is 0.195. The van der Waals surface area contributed by atoms with Gasteiger partial charge in [0.25, 0.3) is 5.56 Å². The molecule has 0 saturated carbocycles. The fraction of sp³-hybridized carbons (Fsp3) is 0.357. The second-order valence-electron chi connectivity index (χ2n) is 4.47. The van der Waals surface area contributed by atoms with Gasteiger partial charge in [-0.2, -0.15) is 0 Å². The number of aromatic amines is 1. The highest BCUT2D eigenvalue weighted by Gasteiger charge is 2.12. The molecule has 0 unspecified atom stereocenters. The molecule has 2 heterocycles. The zero-order valence-electron chi connectivity index (χ0n) is 11.5. The topological polar surface area (TPSA) is 78.9 Å². The van der Waals surface area contributed by atoms with E-state index in [1.807, 2.05) is 13.0 Å². The Hall–Kier alpha value is -1.66. The summed E-state index contributed by atoms with van der Waals surface area (Å²) >= 11 is 1.26. The summed E-state index contributed by atoms with van der Waals surface area (Å²) in [6.07, 6.45) is 2.74. The van der Waals surface area contributed by atoms with Crippen LogP contribution >= 0.6 is 11.8 Å². The molecule has 2 N–H and O–H groups in total. The summed E-state index contributed by atoms with van der Waals surface area (Å²) < 4.78 is 0. The van der Waals surface area contributed by atoms with Crippen molar-refractivity contribution in [2.24, 2.45) is 0 Å². The van der Waals surface area contributed by atoms with Gasteiger partial charge in [-0.15, -0.1) is 0 Å². The quantitative estimate of drug-likeness (QED) is 0.827. The maximum atomic E-state index is 11.6. The molecule has 106 valence electrons. The van der Waals surface area contributed by atoms with Crippen molar-refractivity contribution in [3.05, 3.63) is 46.0 Å². The number of pyridine rings is 1. The van der Waals surface area contributed by atoms with E-state index in [-0.39, 0.29) is 5.56 Å². The molecular formula is C14H17N3O2S. The van der Waals surface area contributed by atoms with Crippen LogP contribution in [-0.4, -0.2) is 20.1 Å². The zero-order chi connectivity index (χ0) is 14.5. The minimum atomic E-state index is -0.614. The summed E-state index contributed by atoms with van der Waals surface area (Å²) in [5.74, 6) is 0. The van der Waals surface area contributed by atoms with Crippen molar-refractivity contribution in [2.75, 3.05) is 0 Å². The fourth-order valence-corrected chi connectivity index (χ4v) is 2.78. The Bertz CT molecular complexity index is 640. The number of aryl methyl sites for hydroxylation is 1. The van der Waals surface area contributed by atoms with Crippen molar-refractivity contribution in [1.82, 2.24) is 15.0 Å². The number of H-pyrrole nitrogens is 1. The number of aliphatic hydroxyl groups is 1. The normalized spacial score (nSPS) is 12.3. The highest BCUT2D eigenvalue weighted by Crippen LogP contribution is 2.28. The number of rotatable bonds is 5. The van der Waals surface area contributed by atoms with Gasteiger partial charge in [-0.1, -0.05) is 19.4 Å². The van der Waals surface area contributed by atoms with Crippen LogP contribution in [0.3, 0.4) is 0 Å². The summed E-state index contributed by atoms with van der Waals surface area (Å²) in [5.41, 5.74) is 1.33. The first-order valence-corrected chi connectivity index (χ1v) is 7.33. The van der Waals surface area contributed by atoms with E-state index in [4.69, 9.17) is 0 Å². The lowest BCUT2D eigenvalue weighted by atomic mass is 10.2. The van der Waals surface area contributed by atoms with E-state index in [1.165, 1.54) is 17.8 Å². The van der Waals surface area contributed by atoms with Crippen molar-refractivity contribution in [2.45, 2.75) is 43.0 Å². The Morgan fingerprint density at radius 3 is 3.00 bits per heavy atom. The Balaban J connectivity index is 2.32. The maximum Gasteiger partial charge on any atom is 0.251 e. The molecule has 6 heteroatoms. The average Bonchev–Trinajstić information content (AvgIpc) is 2.38. The smallest absolute Gasteiger partial charge is 0.251 e. The van der Waals surface area contributed by atoms with Crippen LogP contribution < -0.4 is 5.56 Å². The first-order valence-electron chi connectivity index (χ1n) is 6.51. The third-order valence-electron chi connectivity index (χ3n) is 2.72. The van der Waals surface area contributed by atoms with E-state index in [1.54, 1.807) is 19.2 Å². The second-order valence-corrected chi connectivity index (χ2v) is 5.45. The van der Waals surface area contributed by atoms with Gasteiger partial charge in [0.15, 0.2) is 5.16 Å². The molecule has 2 aromatic heterocycles. The third-order valence-corrected chi connectivity index (χ3v) is 3.64. The predicted molar refractivity (Wildman–Crippen MR) is 77.8 cm³/mol. The molecule has 0 radical (unpaired) electrons. The molecule has 0 aromatic carbocycles. The maximum absolute atomic E-state index is 11.6. The Morgan fingerprint density at radius 1 is 1.50 bits per heavy atom. The Labute approximate surface area is 121 Å². The molecule has 0 bridgehead atoms. The largest absolute Gasteiger partial charge is 0.389 e. The van der Waals surface area contributed by atoms with Crippen LogP contribution in [0.25, 0.3) is 0 Å². The number of hydrogen-bond acceptors (Lipinski definition) is 5. The number of nitrogens with one attached hydrogen (secondary N) is 1. The highest BCUT2D eigenvalue weighted by atomic mass is 32.2. The first kappa shape index (κ1) is 14.7. The van der Waals surface area contributed by atoms with Crippen molar-refractivity contribution >= 4 is 11.8 Å². The van der Waals surface area contributed by atoms with Gasteiger partial charge in [0.05, 0.1) is 6.10 Å². The van der Waals surface area contributed by atoms with Gasteiger partial charge in [-0.25, -0.2) is 9.97 Å². The number of aliphatic hydroxyl groups excluding tert-OH is 1. The van der Waals surface area contributed by atoms with Crippen LogP contribution in [0.15, 0.2) is 39.4 Å². The molecule has 0 spiro atoms. The van der Waals surface area contributed by atoms with Gasteiger partial charge in [-0.3, -0.25) is 4.79 Å². The van der Waals surface area contributed by atoms with Crippen LogP contribution in [0.4, 0.5) is 0 Å². The van der Waals surface area contributed by atoms with Crippen molar-refractivity contribution in [3.8, 4) is 0 Å². The number of aromatic nitrogens is 3. The summed E-state index contributed by atoms with van der Waals surface area (Å²) in [4.78, 5) is 23.0. The van der Waals surface area contributed by atoms with Crippen LogP contribution in [0.5, 0.6) is 0 Å². The van der Waals surface area contributed by atoms with E-state index in [9.17, 15) is 9.90 Å². The molecule has 0 aliphatic rings. The predicted octanol–water partition coefficient (Wildman–Crippen LogP) is 2.32. The monoisotopic (exact) mass is 291 g/mol. The molecule has 0 fully saturated rings. The van der Waals surface area contributed by atoms with E-state index in [0.29, 0.717) is 10.2 Å². The van der Waals surface area contributed by atoms with Crippen LogP contribution in [-0.2, 0) is 6.42 Å². The molecule has 1 atom stereocenters. The van der Waals surface area contributed by atoms with Crippen LogP contribution in [0.1, 0.15) is 37.6 Å². The van der Waals surface area contributed by atoms with E-state index in [0.717, 1.165) is 24.1 Å². The summed E-state index contributed by atoms with van der Waals surface area (Å²) in [7, 11) is 0. The van der Waals surface area contributed by atoms with Gasteiger partial charge in [0.1, 0.15) is 5.03 Å². The number of hydrogen-bond donors (Lipinski definition) is 2. The molecule has 0 aliphatic heterocycles. The highest BCUT2D eigenvalue weighted by molar-refractivity contribution is 7.99. The standard InChI is InChI=1S/C14H17N3O2S/c1-3-5-10-8-12(19)17-14(16-10)20-13-11(9(2)18)6-4-7-15-13/h4,6-9,18H,3,5H2,1-2H3,(H,16,17,19)/t9-/m0/s1. The van der Waals surface area contributed by atoms with Gasteiger partial charge in [0.2, 0.25) is 0 Å². The van der Waals surface area contributed by atoms with E-state index >= 15 is 0 Å². The number of nitrogens with zero attached hydrogens (tertiary/aromatic N) is 2. The molecule has 20 heavy (non-hydrogen) atoms. The van der Waals surface area contributed by atoms with Gasteiger partial charge < -0.3 is 10.1 Å².